The van der Waals surface area contributed by atoms with Crippen molar-refractivity contribution in [2.75, 3.05) is 0 Å². The summed E-state index contributed by atoms with van der Waals surface area (Å²) in [6.45, 7) is 2.41. The van der Waals surface area contributed by atoms with Gasteiger partial charge in [-0.2, -0.15) is 26.3 Å². The van der Waals surface area contributed by atoms with Gasteiger partial charge in [0.1, 0.15) is 0 Å². The standard InChI is InChI=1S/C15H14F6N2/c1-2-3-4-23-9-22-8-13(23)10-5-11(14(16,17)18)7-12(6-10)15(19,20)21/h5-9H,2-4H2,1H3. The molecular formula is C15H14F6N2. The van der Waals surface area contributed by atoms with E-state index < -0.39 is 23.5 Å². The van der Waals surface area contributed by atoms with Crippen LogP contribution in [0.5, 0.6) is 0 Å². The fourth-order valence-electron chi connectivity index (χ4n) is 2.17. The van der Waals surface area contributed by atoms with Crippen LogP contribution in [0.4, 0.5) is 26.3 Å². The zero-order chi connectivity index (χ0) is 17.3. The van der Waals surface area contributed by atoms with E-state index in [2.05, 4.69) is 4.98 Å². The Labute approximate surface area is 128 Å². The van der Waals surface area contributed by atoms with Crippen molar-refractivity contribution in [3.63, 3.8) is 0 Å². The first kappa shape index (κ1) is 17.4. The summed E-state index contributed by atoms with van der Waals surface area (Å²) in [5.74, 6) is 0. The third kappa shape index (κ3) is 4.05. The largest absolute Gasteiger partial charge is 0.416 e. The fraction of sp³-hybridized carbons (Fsp3) is 0.400. The number of unbranched alkanes of at least 4 members (excludes halogenated alkanes) is 1. The minimum absolute atomic E-state index is 0.121. The van der Waals surface area contributed by atoms with Gasteiger partial charge in [-0.05, 0) is 24.6 Å². The van der Waals surface area contributed by atoms with Crippen molar-refractivity contribution >= 4 is 0 Å². The minimum atomic E-state index is -4.86. The summed E-state index contributed by atoms with van der Waals surface area (Å²) >= 11 is 0. The van der Waals surface area contributed by atoms with E-state index in [1.807, 2.05) is 6.92 Å². The van der Waals surface area contributed by atoms with Crippen LogP contribution in [-0.4, -0.2) is 9.55 Å². The average molecular weight is 336 g/mol. The number of rotatable bonds is 4. The molecule has 23 heavy (non-hydrogen) atoms. The van der Waals surface area contributed by atoms with Crippen LogP contribution in [0.3, 0.4) is 0 Å². The van der Waals surface area contributed by atoms with Crippen LogP contribution in [-0.2, 0) is 18.9 Å². The summed E-state index contributed by atoms with van der Waals surface area (Å²) in [5, 5.41) is 0. The quantitative estimate of drug-likeness (QED) is 0.685. The Morgan fingerprint density at radius 3 is 2.00 bits per heavy atom. The van der Waals surface area contributed by atoms with Crippen LogP contribution in [0, 0.1) is 0 Å². The number of aryl methyl sites for hydroxylation is 1. The molecule has 2 aromatic rings. The van der Waals surface area contributed by atoms with Crippen LogP contribution < -0.4 is 0 Å². The summed E-state index contributed by atoms with van der Waals surface area (Å²) in [5.41, 5.74) is -2.58. The number of hydrogen-bond acceptors (Lipinski definition) is 1. The molecule has 0 aliphatic heterocycles. The lowest BCUT2D eigenvalue weighted by atomic mass is 10.0. The first-order valence-corrected chi connectivity index (χ1v) is 6.93. The van der Waals surface area contributed by atoms with E-state index in [1.54, 1.807) is 4.57 Å². The molecule has 0 aliphatic carbocycles. The van der Waals surface area contributed by atoms with Crippen molar-refractivity contribution in [2.45, 2.75) is 38.7 Å². The zero-order valence-electron chi connectivity index (χ0n) is 12.2. The second-order valence-corrected chi connectivity index (χ2v) is 5.12. The monoisotopic (exact) mass is 336 g/mol. The third-order valence-corrected chi connectivity index (χ3v) is 3.35. The van der Waals surface area contributed by atoms with Gasteiger partial charge in [-0.15, -0.1) is 0 Å². The van der Waals surface area contributed by atoms with Crippen LogP contribution in [0.1, 0.15) is 30.9 Å². The van der Waals surface area contributed by atoms with E-state index in [1.165, 1.54) is 12.5 Å². The second kappa shape index (κ2) is 6.25. The van der Waals surface area contributed by atoms with E-state index in [0.29, 0.717) is 18.7 Å². The van der Waals surface area contributed by atoms with Gasteiger partial charge >= 0.3 is 12.4 Å². The molecule has 1 aromatic carbocycles. The highest BCUT2D eigenvalue weighted by Crippen LogP contribution is 2.38. The van der Waals surface area contributed by atoms with Gasteiger partial charge in [-0.3, -0.25) is 0 Å². The van der Waals surface area contributed by atoms with E-state index in [-0.39, 0.29) is 17.3 Å². The van der Waals surface area contributed by atoms with Gasteiger partial charge in [0.2, 0.25) is 0 Å². The molecule has 126 valence electrons. The molecule has 2 rings (SSSR count). The van der Waals surface area contributed by atoms with Crippen LogP contribution in [0.2, 0.25) is 0 Å². The molecule has 0 spiro atoms. The van der Waals surface area contributed by atoms with Crippen LogP contribution in [0.25, 0.3) is 11.3 Å². The molecule has 0 saturated carbocycles. The van der Waals surface area contributed by atoms with E-state index >= 15 is 0 Å². The molecule has 0 fully saturated rings. The second-order valence-electron chi connectivity index (χ2n) is 5.12. The van der Waals surface area contributed by atoms with Gasteiger partial charge in [0.05, 0.1) is 29.3 Å². The topological polar surface area (TPSA) is 17.8 Å². The van der Waals surface area contributed by atoms with Crippen molar-refractivity contribution < 1.29 is 26.3 Å². The number of hydrogen-bond donors (Lipinski definition) is 0. The SMILES string of the molecule is CCCCn1cncc1-c1cc(C(F)(F)F)cc(C(F)(F)F)c1. The molecule has 1 aromatic heterocycles. The number of imidazole rings is 1. The molecule has 8 heteroatoms. The third-order valence-electron chi connectivity index (χ3n) is 3.35. The maximum atomic E-state index is 12.9. The van der Waals surface area contributed by atoms with Crippen molar-refractivity contribution in [3.8, 4) is 11.3 Å². The lowest BCUT2D eigenvalue weighted by Crippen LogP contribution is -2.11. The van der Waals surface area contributed by atoms with Gasteiger partial charge in [0.25, 0.3) is 0 Å². The molecule has 0 radical (unpaired) electrons. The Kier molecular flexibility index (Phi) is 4.72. The summed E-state index contributed by atoms with van der Waals surface area (Å²) in [4.78, 5) is 3.84. The van der Waals surface area contributed by atoms with Gasteiger partial charge in [-0.1, -0.05) is 13.3 Å². The molecule has 0 amide bonds. The molecule has 0 aliphatic rings. The number of alkyl halides is 6. The molecule has 0 unspecified atom stereocenters. The summed E-state index contributed by atoms with van der Waals surface area (Å²) in [6, 6.07) is 1.56. The van der Waals surface area contributed by atoms with Crippen molar-refractivity contribution in [2.24, 2.45) is 0 Å². The zero-order valence-corrected chi connectivity index (χ0v) is 12.2. The number of nitrogens with zero attached hydrogens (tertiary/aromatic N) is 2. The maximum absolute atomic E-state index is 12.9. The Morgan fingerprint density at radius 2 is 1.52 bits per heavy atom. The van der Waals surface area contributed by atoms with Crippen LogP contribution >= 0.6 is 0 Å². The predicted octanol–water partition coefficient (Wildman–Crippen LogP) is 5.39. The molecule has 1 heterocycles. The van der Waals surface area contributed by atoms with Crippen molar-refractivity contribution in [3.05, 3.63) is 41.9 Å². The van der Waals surface area contributed by atoms with Crippen molar-refractivity contribution in [1.82, 2.24) is 9.55 Å². The normalized spacial score (nSPS) is 12.7. The van der Waals surface area contributed by atoms with E-state index in [0.717, 1.165) is 12.8 Å². The Morgan fingerprint density at radius 1 is 0.957 bits per heavy atom. The van der Waals surface area contributed by atoms with Crippen molar-refractivity contribution in [1.29, 1.82) is 0 Å². The average Bonchev–Trinajstić information content (AvgIpc) is 2.91. The lowest BCUT2D eigenvalue weighted by Gasteiger charge is -2.15. The summed E-state index contributed by atoms with van der Waals surface area (Å²) in [6.07, 6.45) is -5.46. The Balaban J connectivity index is 2.56. The first-order valence-electron chi connectivity index (χ1n) is 6.93. The van der Waals surface area contributed by atoms with Crippen LogP contribution in [0.15, 0.2) is 30.7 Å². The van der Waals surface area contributed by atoms with E-state index in [9.17, 15) is 26.3 Å². The molecule has 0 N–H and O–H groups in total. The molecule has 0 bridgehead atoms. The minimum Gasteiger partial charge on any atom is -0.331 e. The fourth-order valence-corrected chi connectivity index (χ4v) is 2.17. The first-order chi connectivity index (χ1) is 10.6. The molecule has 0 atom stereocenters. The molecular weight excluding hydrogens is 322 g/mol. The summed E-state index contributed by atoms with van der Waals surface area (Å²) in [7, 11) is 0. The highest BCUT2D eigenvalue weighted by atomic mass is 19.4. The molecule has 0 saturated heterocycles. The van der Waals surface area contributed by atoms with Gasteiger partial charge in [-0.25, -0.2) is 4.98 Å². The highest BCUT2D eigenvalue weighted by Gasteiger charge is 2.37. The van der Waals surface area contributed by atoms with Gasteiger partial charge in [0, 0.05) is 12.1 Å². The summed E-state index contributed by atoms with van der Waals surface area (Å²) < 4.78 is 78.9. The Bertz CT molecular complexity index is 637. The highest BCUT2D eigenvalue weighted by molar-refractivity contribution is 5.62. The maximum Gasteiger partial charge on any atom is 0.416 e. The smallest absolute Gasteiger partial charge is 0.331 e. The van der Waals surface area contributed by atoms with E-state index in [4.69, 9.17) is 0 Å². The number of aromatic nitrogens is 2. The van der Waals surface area contributed by atoms with Gasteiger partial charge in [0.15, 0.2) is 0 Å². The molecule has 2 nitrogen and oxygen atoms in total. The predicted molar refractivity (Wildman–Crippen MR) is 72.6 cm³/mol. The lowest BCUT2D eigenvalue weighted by molar-refractivity contribution is -0.143. The van der Waals surface area contributed by atoms with Gasteiger partial charge < -0.3 is 4.57 Å². The number of benzene rings is 1. The Hall–Kier alpha value is -1.99. The number of halogens is 6.